The van der Waals surface area contributed by atoms with Crippen LogP contribution in [0.3, 0.4) is 0 Å². The van der Waals surface area contributed by atoms with Gasteiger partial charge in [0.1, 0.15) is 11.9 Å². The van der Waals surface area contributed by atoms with Crippen molar-refractivity contribution in [3.05, 3.63) is 54.2 Å². The molecule has 0 saturated carbocycles. The lowest BCUT2D eigenvalue weighted by atomic mass is 10.1. The molecule has 3 rings (SSSR count). The van der Waals surface area contributed by atoms with Gasteiger partial charge in [-0.05, 0) is 37.1 Å². The van der Waals surface area contributed by atoms with Crippen molar-refractivity contribution in [3.63, 3.8) is 0 Å². The number of nitrogens with zero attached hydrogens (tertiary/aromatic N) is 3. The summed E-state index contributed by atoms with van der Waals surface area (Å²) in [7, 11) is 0. The molecule has 1 aromatic heterocycles. The molecule has 1 unspecified atom stereocenters. The Morgan fingerprint density at radius 2 is 2.05 bits per heavy atom. The number of benzene rings is 1. The van der Waals surface area contributed by atoms with Crippen LogP contribution in [0.4, 0.5) is 11.5 Å². The van der Waals surface area contributed by atoms with Crippen molar-refractivity contribution in [2.45, 2.75) is 18.9 Å². The van der Waals surface area contributed by atoms with Crippen LogP contribution in [0.5, 0.6) is 0 Å². The highest BCUT2D eigenvalue weighted by molar-refractivity contribution is 5.46. The Bertz CT molecular complexity index is 615. The zero-order valence-corrected chi connectivity index (χ0v) is 11.9. The topological polar surface area (TPSA) is 52.0 Å². The van der Waals surface area contributed by atoms with Gasteiger partial charge in [0, 0.05) is 31.0 Å². The third-order valence-electron chi connectivity index (χ3n) is 3.77. The van der Waals surface area contributed by atoms with E-state index in [2.05, 4.69) is 33.4 Å². The highest BCUT2D eigenvalue weighted by Gasteiger charge is 2.20. The highest BCUT2D eigenvalue weighted by Crippen LogP contribution is 2.20. The Morgan fingerprint density at radius 1 is 1.19 bits per heavy atom. The van der Waals surface area contributed by atoms with Gasteiger partial charge in [0.25, 0.3) is 0 Å². The van der Waals surface area contributed by atoms with Gasteiger partial charge in [-0.3, -0.25) is 0 Å². The first kappa shape index (κ1) is 13.4. The second-order valence-corrected chi connectivity index (χ2v) is 5.31. The molecule has 1 aliphatic heterocycles. The number of piperidine rings is 1. The largest absolute Gasteiger partial charge is 0.381 e. The Balaban J connectivity index is 1.66. The minimum atomic E-state index is 0.429. The molecule has 1 fully saturated rings. The molecule has 0 spiro atoms. The number of hydrogen-bond donors (Lipinski definition) is 1. The number of pyridine rings is 1. The van der Waals surface area contributed by atoms with Crippen molar-refractivity contribution in [2.75, 3.05) is 23.3 Å². The summed E-state index contributed by atoms with van der Waals surface area (Å²) in [4.78, 5) is 6.67. The van der Waals surface area contributed by atoms with E-state index in [1.165, 1.54) is 6.42 Å². The SMILES string of the molecule is N#Cc1ccc(N2CCCC(Nc3ccccc3)C2)nc1. The second kappa shape index (κ2) is 6.27. The minimum Gasteiger partial charge on any atom is -0.381 e. The van der Waals surface area contributed by atoms with Gasteiger partial charge < -0.3 is 10.2 Å². The van der Waals surface area contributed by atoms with E-state index < -0.39 is 0 Å². The van der Waals surface area contributed by atoms with E-state index >= 15 is 0 Å². The molecule has 1 aromatic carbocycles. The number of nitrogens with one attached hydrogen (secondary N) is 1. The summed E-state index contributed by atoms with van der Waals surface area (Å²) in [6, 6.07) is 16.6. The Morgan fingerprint density at radius 3 is 2.76 bits per heavy atom. The first-order valence-corrected chi connectivity index (χ1v) is 7.28. The maximum absolute atomic E-state index is 8.83. The van der Waals surface area contributed by atoms with Gasteiger partial charge in [-0.2, -0.15) is 5.26 Å². The maximum atomic E-state index is 8.83. The van der Waals surface area contributed by atoms with Crippen LogP contribution in [0.2, 0.25) is 0 Å². The molecule has 106 valence electrons. The summed E-state index contributed by atoms with van der Waals surface area (Å²) in [6.07, 6.45) is 3.96. The molecule has 21 heavy (non-hydrogen) atoms. The van der Waals surface area contributed by atoms with E-state index in [0.29, 0.717) is 11.6 Å². The van der Waals surface area contributed by atoms with Crippen LogP contribution in [0.25, 0.3) is 0 Å². The summed E-state index contributed by atoms with van der Waals surface area (Å²) in [5.74, 6) is 0.952. The van der Waals surface area contributed by atoms with Crippen molar-refractivity contribution in [3.8, 4) is 6.07 Å². The van der Waals surface area contributed by atoms with Gasteiger partial charge in [-0.1, -0.05) is 18.2 Å². The normalized spacial score (nSPS) is 18.0. The van der Waals surface area contributed by atoms with Crippen LogP contribution in [0, 0.1) is 11.3 Å². The maximum Gasteiger partial charge on any atom is 0.128 e. The molecule has 0 radical (unpaired) electrons. The second-order valence-electron chi connectivity index (χ2n) is 5.31. The van der Waals surface area contributed by atoms with Crippen LogP contribution < -0.4 is 10.2 Å². The third kappa shape index (κ3) is 3.32. The van der Waals surface area contributed by atoms with Gasteiger partial charge in [0.15, 0.2) is 0 Å². The fourth-order valence-electron chi connectivity index (χ4n) is 2.71. The predicted octanol–water partition coefficient (Wildman–Crippen LogP) is 3.03. The van der Waals surface area contributed by atoms with E-state index in [1.807, 2.05) is 30.3 Å². The number of nitriles is 1. The lowest BCUT2D eigenvalue weighted by molar-refractivity contribution is 0.527. The van der Waals surface area contributed by atoms with Crippen molar-refractivity contribution >= 4 is 11.5 Å². The Labute approximate surface area is 125 Å². The van der Waals surface area contributed by atoms with Crippen molar-refractivity contribution < 1.29 is 0 Å². The average molecular weight is 278 g/mol. The van der Waals surface area contributed by atoms with Gasteiger partial charge >= 0.3 is 0 Å². The van der Waals surface area contributed by atoms with Crippen LogP contribution in [-0.2, 0) is 0 Å². The van der Waals surface area contributed by atoms with E-state index in [4.69, 9.17) is 5.26 Å². The van der Waals surface area contributed by atoms with Gasteiger partial charge in [0.2, 0.25) is 0 Å². The average Bonchev–Trinajstić information content (AvgIpc) is 2.56. The van der Waals surface area contributed by atoms with Gasteiger partial charge in [-0.25, -0.2) is 4.98 Å². The van der Waals surface area contributed by atoms with Crippen LogP contribution in [0.15, 0.2) is 48.7 Å². The molecule has 0 bridgehead atoms. The third-order valence-corrected chi connectivity index (χ3v) is 3.77. The van der Waals surface area contributed by atoms with Crippen LogP contribution >= 0.6 is 0 Å². The first-order chi connectivity index (χ1) is 10.3. The smallest absolute Gasteiger partial charge is 0.128 e. The molecular weight excluding hydrogens is 260 g/mol. The molecule has 1 atom stereocenters. The fourth-order valence-corrected chi connectivity index (χ4v) is 2.71. The molecule has 2 aromatic rings. The molecular formula is C17H18N4. The summed E-state index contributed by atoms with van der Waals surface area (Å²) in [6.45, 7) is 1.96. The Hall–Kier alpha value is -2.54. The quantitative estimate of drug-likeness (QED) is 0.937. The molecule has 4 nitrogen and oxygen atoms in total. The molecule has 1 N–H and O–H groups in total. The van der Waals surface area contributed by atoms with E-state index in [-0.39, 0.29) is 0 Å². The molecule has 0 amide bonds. The van der Waals surface area contributed by atoms with Gasteiger partial charge in [-0.15, -0.1) is 0 Å². The number of rotatable bonds is 3. The molecule has 2 heterocycles. The van der Waals surface area contributed by atoms with Crippen molar-refractivity contribution in [1.82, 2.24) is 4.98 Å². The monoisotopic (exact) mass is 278 g/mol. The number of para-hydroxylation sites is 1. The van der Waals surface area contributed by atoms with Crippen molar-refractivity contribution in [2.24, 2.45) is 0 Å². The molecule has 1 aliphatic rings. The molecule has 1 saturated heterocycles. The van der Waals surface area contributed by atoms with E-state index in [0.717, 1.165) is 31.0 Å². The predicted molar refractivity (Wildman–Crippen MR) is 84.3 cm³/mol. The fraction of sp³-hybridized carbons (Fsp3) is 0.294. The van der Waals surface area contributed by atoms with E-state index in [9.17, 15) is 0 Å². The molecule has 4 heteroatoms. The van der Waals surface area contributed by atoms with Crippen molar-refractivity contribution in [1.29, 1.82) is 5.26 Å². The van der Waals surface area contributed by atoms with Crippen LogP contribution in [-0.4, -0.2) is 24.1 Å². The number of anilines is 2. The first-order valence-electron chi connectivity index (χ1n) is 7.28. The number of hydrogen-bond acceptors (Lipinski definition) is 4. The highest BCUT2D eigenvalue weighted by atomic mass is 15.2. The lowest BCUT2D eigenvalue weighted by Gasteiger charge is -2.34. The number of aromatic nitrogens is 1. The summed E-state index contributed by atoms with van der Waals surface area (Å²) in [5.41, 5.74) is 1.77. The summed E-state index contributed by atoms with van der Waals surface area (Å²) in [5, 5.41) is 12.4. The van der Waals surface area contributed by atoms with Crippen LogP contribution in [0.1, 0.15) is 18.4 Å². The van der Waals surface area contributed by atoms with Gasteiger partial charge in [0.05, 0.1) is 5.56 Å². The summed E-state index contributed by atoms with van der Waals surface area (Å²) >= 11 is 0. The summed E-state index contributed by atoms with van der Waals surface area (Å²) < 4.78 is 0. The zero-order valence-electron chi connectivity index (χ0n) is 11.9. The lowest BCUT2D eigenvalue weighted by Crippen LogP contribution is -2.42. The minimum absolute atomic E-state index is 0.429. The standard InChI is InChI=1S/C17H18N4/c18-11-14-8-9-17(19-12-14)21-10-4-7-16(13-21)20-15-5-2-1-3-6-15/h1-3,5-6,8-9,12,16,20H,4,7,10,13H2. The zero-order chi connectivity index (χ0) is 14.5. The molecule has 0 aliphatic carbocycles. The Kier molecular flexibility index (Phi) is 4.02. The van der Waals surface area contributed by atoms with E-state index in [1.54, 1.807) is 6.20 Å².